The molecule has 1 saturated heterocycles. The number of nitrogens with one attached hydrogen (secondary N) is 1. The Hall–Kier alpha value is -2.85. The van der Waals surface area contributed by atoms with Gasteiger partial charge in [-0.2, -0.15) is 0 Å². The van der Waals surface area contributed by atoms with E-state index in [1.54, 1.807) is 7.05 Å². The quantitative estimate of drug-likeness (QED) is 0.452. The van der Waals surface area contributed by atoms with Crippen LogP contribution in [0.25, 0.3) is 5.70 Å². The Morgan fingerprint density at radius 3 is 2.49 bits per heavy atom. The van der Waals surface area contributed by atoms with Crippen LogP contribution < -0.4 is 5.32 Å². The molecule has 0 aromatic heterocycles. The molecule has 4 nitrogen and oxygen atoms in total. The van der Waals surface area contributed by atoms with Crippen LogP contribution in [0.3, 0.4) is 0 Å². The molecule has 186 valence electrons. The summed E-state index contributed by atoms with van der Waals surface area (Å²) in [5.74, 6) is 1.23. The zero-order valence-corrected chi connectivity index (χ0v) is 21.7. The first-order chi connectivity index (χ1) is 16.9. The van der Waals surface area contributed by atoms with Gasteiger partial charge in [-0.25, -0.2) is 0 Å². The van der Waals surface area contributed by atoms with Gasteiger partial charge >= 0.3 is 0 Å². The van der Waals surface area contributed by atoms with Crippen molar-refractivity contribution in [1.82, 2.24) is 15.1 Å². The molecule has 35 heavy (non-hydrogen) atoms. The van der Waals surface area contributed by atoms with Crippen LogP contribution in [0.4, 0.5) is 0 Å². The van der Waals surface area contributed by atoms with Gasteiger partial charge in [0.25, 0.3) is 0 Å². The largest absolute Gasteiger partial charge is 0.357 e. The normalized spacial score (nSPS) is 17.5. The lowest BCUT2D eigenvalue weighted by Gasteiger charge is -2.32. The summed E-state index contributed by atoms with van der Waals surface area (Å²) in [6.07, 6.45) is 5.82. The number of carbonyl (C=O) groups excluding carboxylic acids is 1. The first-order valence-corrected chi connectivity index (χ1v) is 13.1. The van der Waals surface area contributed by atoms with Crippen molar-refractivity contribution in [3.63, 3.8) is 0 Å². The predicted octanol–water partition coefficient (Wildman–Crippen LogP) is 6.06. The smallest absolute Gasteiger partial charge is 0.242 e. The van der Waals surface area contributed by atoms with Gasteiger partial charge in [-0.3, -0.25) is 9.69 Å². The maximum absolute atomic E-state index is 12.6. The van der Waals surface area contributed by atoms with Crippen LogP contribution in [-0.2, 0) is 17.9 Å². The van der Waals surface area contributed by atoms with Gasteiger partial charge in [0.05, 0.1) is 0 Å². The second-order valence-electron chi connectivity index (χ2n) is 10.4. The van der Waals surface area contributed by atoms with Gasteiger partial charge in [-0.1, -0.05) is 69.0 Å². The van der Waals surface area contributed by atoms with E-state index in [4.69, 9.17) is 0 Å². The van der Waals surface area contributed by atoms with E-state index < -0.39 is 0 Å². The summed E-state index contributed by atoms with van der Waals surface area (Å²) < 4.78 is 0. The summed E-state index contributed by atoms with van der Waals surface area (Å²) in [5.41, 5.74) is 7.69. The number of allylic oxidation sites excluding steroid dienone is 1. The number of likely N-dealkylation sites (N-methyl/N-ethyl adjacent to an activating group) is 1. The molecule has 2 aromatic carbocycles. The molecule has 1 amide bonds. The number of amides is 1. The highest BCUT2D eigenvalue weighted by Gasteiger charge is 2.32. The lowest BCUT2D eigenvalue weighted by Crippen LogP contribution is -2.42. The van der Waals surface area contributed by atoms with Crippen molar-refractivity contribution < 1.29 is 4.79 Å². The van der Waals surface area contributed by atoms with Gasteiger partial charge in [0.2, 0.25) is 5.91 Å². The molecule has 1 atom stereocenters. The van der Waals surface area contributed by atoms with Gasteiger partial charge < -0.3 is 10.2 Å². The van der Waals surface area contributed by atoms with Crippen LogP contribution in [0.2, 0.25) is 0 Å². The lowest BCUT2D eigenvalue weighted by atomic mass is 9.87. The summed E-state index contributed by atoms with van der Waals surface area (Å²) >= 11 is 0. The molecule has 2 aliphatic rings. The number of benzene rings is 2. The minimum absolute atomic E-state index is 0.0484. The monoisotopic (exact) mass is 471 g/mol. The Bertz CT molecular complexity index is 1050. The van der Waals surface area contributed by atoms with Gasteiger partial charge in [0.15, 0.2) is 0 Å². The Kier molecular flexibility index (Phi) is 8.12. The molecule has 0 spiro atoms. The summed E-state index contributed by atoms with van der Waals surface area (Å²) in [5, 5.41) is 2.83. The maximum Gasteiger partial charge on any atom is 0.242 e. The first-order valence-electron chi connectivity index (χ1n) is 13.1. The highest BCUT2D eigenvalue weighted by molar-refractivity contribution is 5.84. The molecule has 0 saturated carbocycles. The van der Waals surface area contributed by atoms with E-state index in [9.17, 15) is 4.79 Å². The molecule has 0 aliphatic carbocycles. The zero-order valence-electron chi connectivity index (χ0n) is 21.7. The maximum atomic E-state index is 12.6. The van der Waals surface area contributed by atoms with E-state index in [2.05, 4.69) is 84.6 Å². The Balaban J connectivity index is 1.38. The van der Waals surface area contributed by atoms with Crippen molar-refractivity contribution in [2.45, 2.75) is 70.5 Å². The number of carbonyl (C=O) groups is 1. The fourth-order valence-electron chi connectivity index (χ4n) is 5.57. The second-order valence-corrected chi connectivity index (χ2v) is 10.4. The van der Waals surface area contributed by atoms with Gasteiger partial charge in [-0.15, -0.1) is 6.58 Å². The lowest BCUT2D eigenvalue weighted by molar-refractivity contribution is -0.125. The third-order valence-corrected chi connectivity index (χ3v) is 7.81. The number of hydrogen-bond donors (Lipinski definition) is 1. The Morgan fingerprint density at radius 2 is 1.86 bits per heavy atom. The SMILES string of the molecule is C=CCCC(C(=O)NC)N1Cc2cc(C3CCN(Cc4ccc(C(C)C)cc4)CC3)ccc2C1=C. The van der Waals surface area contributed by atoms with E-state index in [1.165, 1.54) is 40.7 Å². The molecule has 1 N–H and O–H groups in total. The van der Waals surface area contributed by atoms with E-state index >= 15 is 0 Å². The zero-order chi connectivity index (χ0) is 24.9. The molecular weight excluding hydrogens is 430 g/mol. The molecule has 2 heterocycles. The van der Waals surface area contributed by atoms with Gasteiger partial charge in [0, 0.05) is 31.4 Å². The number of piperidine rings is 1. The van der Waals surface area contributed by atoms with Crippen LogP contribution in [0.15, 0.2) is 61.7 Å². The molecule has 4 heteroatoms. The number of nitrogens with zero attached hydrogens (tertiary/aromatic N) is 2. The summed E-state index contributed by atoms with van der Waals surface area (Å²) in [6, 6.07) is 15.8. The van der Waals surface area contributed by atoms with Crippen LogP contribution in [0, 0.1) is 0 Å². The number of hydrogen-bond acceptors (Lipinski definition) is 3. The van der Waals surface area contributed by atoms with E-state index in [0.29, 0.717) is 11.8 Å². The highest BCUT2D eigenvalue weighted by Crippen LogP contribution is 2.38. The summed E-state index contributed by atoms with van der Waals surface area (Å²) in [7, 11) is 1.71. The van der Waals surface area contributed by atoms with Gasteiger partial charge in [0.1, 0.15) is 6.04 Å². The van der Waals surface area contributed by atoms with Crippen molar-refractivity contribution in [2.75, 3.05) is 20.1 Å². The third kappa shape index (κ3) is 5.70. The van der Waals surface area contributed by atoms with E-state index in [1.807, 2.05) is 6.08 Å². The number of fused-ring (bicyclic) bond motifs is 1. The Labute approximate surface area is 211 Å². The molecule has 1 fully saturated rings. The van der Waals surface area contributed by atoms with Crippen molar-refractivity contribution in [2.24, 2.45) is 0 Å². The van der Waals surface area contributed by atoms with Crippen LogP contribution in [-0.4, -0.2) is 41.9 Å². The molecule has 2 aromatic rings. The number of rotatable bonds is 9. The molecule has 2 aliphatic heterocycles. The fourth-order valence-corrected chi connectivity index (χ4v) is 5.57. The topological polar surface area (TPSA) is 35.6 Å². The second kappa shape index (κ2) is 11.3. The van der Waals surface area contributed by atoms with Crippen molar-refractivity contribution in [3.05, 3.63) is 89.5 Å². The van der Waals surface area contributed by atoms with E-state index in [0.717, 1.165) is 44.7 Å². The highest BCUT2D eigenvalue weighted by atomic mass is 16.2. The standard InChI is InChI=1S/C31H41N3O/c1-6-7-8-30(31(35)32-5)34-21-28-19-27(13-14-29(28)23(34)4)26-15-17-33(18-16-26)20-24-9-11-25(12-10-24)22(2)3/h6,9-14,19,22,26,30H,1,4,7-8,15-18,20-21H2,2-3,5H3,(H,32,35). The first kappa shape index (κ1) is 25.2. The molecular formula is C31H41N3O. The minimum atomic E-state index is -0.209. The molecule has 0 bridgehead atoms. The molecule has 1 unspecified atom stereocenters. The average molecular weight is 472 g/mol. The van der Waals surface area contributed by atoms with Gasteiger partial charge in [-0.05, 0) is 72.9 Å². The molecule has 4 rings (SSSR count). The fraction of sp³-hybridized carbons (Fsp3) is 0.452. The van der Waals surface area contributed by atoms with Crippen molar-refractivity contribution in [3.8, 4) is 0 Å². The van der Waals surface area contributed by atoms with Crippen LogP contribution in [0.5, 0.6) is 0 Å². The molecule has 0 radical (unpaired) electrons. The van der Waals surface area contributed by atoms with E-state index in [-0.39, 0.29) is 11.9 Å². The van der Waals surface area contributed by atoms with Crippen molar-refractivity contribution in [1.29, 1.82) is 0 Å². The van der Waals surface area contributed by atoms with Crippen LogP contribution >= 0.6 is 0 Å². The van der Waals surface area contributed by atoms with Crippen LogP contribution in [0.1, 0.15) is 79.2 Å². The Morgan fingerprint density at radius 1 is 1.14 bits per heavy atom. The summed E-state index contributed by atoms with van der Waals surface area (Å²) in [4.78, 5) is 17.4. The minimum Gasteiger partial charge on any atom is -0.357 e. The van der Waals surface area contributed by atoms with Crippen molar-refractivity contribution >= 4 is 11.6 Å². The summed E-state index contributed by atoms with van der Waals surface area (Å²) in [6.45, 7) is 16.7. The predicted molar refractivity (Wildman–Crippen MR) is 146 cm³/mol. The average Bonchev–Trinajstić information content (AvgIpc) is 3.20. The number of likely N-dealkylation sites (tertiary alicyclic amines) is 1. The third-order valence-electron chi connectivity index (χ3n) is 7.81.